The zero-order chi connectivity index (χ0) is 21.6. The molecule has 0 aliphatic carbocycles. The fourth-order valence-corrected chi connectivity index (χ4v) is 3.78. The number of methoxy groups -OCH3 is 1. The average Bonchev–Trinajstić information content (AvgIpc) is 3.31. The molecule has 1 amide bonds. The lowest BCUT2D eigenvalue weighted by atomic mass is 10.1. The fourth-order valence-electron chi connectivity index (χ4n) is 2.95. The van der Waals surface area contributed by atoms with Crippen LogP contribution in [0.15, 0.2) is 78.4 Å². The van der Waals surface area contributed by atoms with Gasteiger partial charge >= 0.3 is 0 Å². The van der Waals surface area contributed by atoms with Crippen molar-refractivity contribution in [3.8, 4) is 33.3 Å². The van der Waals surface area contributed by atoms with Crippen LogP contribution < -0.4 is 14.8 Å². The van der Waals surface area contributed by atoms with Crippen LogP contribution in [0.1, 0.15) is 6.92 Å². The van der Waals surface area contributed by atoms with Crippen LogP contribution in [0.3, 0.4) is 0 Å². The molecule has 0 bridgehead atoms. The number of amides is 1. The van der Waals surface area contributed by atoms with Crippen molar-refractivity contribution in [2.75, 3.05) is 12.4 Å². The van der Waals surface area contributed by atoms with Gasteiger partial charge in [0.15, 0.2) is 6.10 Å². The van der Waals surface area contributed by atoms with Crippen LogP contribution in [-0.4, -0.2) is 29.1 Å². The van der Waals surface area contributed by atoms with Gasteiger partial charge in [-0.3, -0.25) is 9.78 Å². The summed E-state index contributed by atoms with van der Waals surface area (Å²) in [4.78, 5) is 21.4. The quantitative estimate of drug-likeness (QED) is 0.431. The smallest absolute Gasteiger partial charge is 0.265 e. The molecule has 6 nitrogen and oxygen atoms in total. The zero-order valence-corrected chi connectivity index (χ0v) is 17.9. The third-order valence-electron chi connectivity index (χ3n) is 4.60. The molecule has 2 heterocycles. The van der Waals surface area contributed by atoms with Gasteiger partial charge in [-0.25, -0.2) is 4.98 Å². The third kappa shape index (κ3) is 5.07. The summed E-state index contributed by atoms with van der Waals surface area (Å²) in [6.45, 7) is 1.71. The van der Waals surface area contributed by atoms with Gasteiger partial charge in [-0.1, -0.05) is 12.1 Å². The molecule has 1 atom stereocenters. The van der Waals surface area contributed by atoms with Crippen LogP contribution in [0.4, 0.5) is 5.69 Å². The van der Waals surface area contributed by atoms with Crippen LogP contribution in [0.2, 0.25) is 0 Å². The molecule has 0 radical (unpaired) electrons. The standard InChI is InChI=1S/C24H21N3O3S/c1-16(30-21-8-6-20(29-2)7-9-21)23(28)26-19-5-3-4-18(14-19)22-15-31-24(27-22)17-10-12-25-13-11-17/h3-16H,1-2H3,(H,26,28). The number of hydrogen-bond donors (Lipinski definition) is 1. The van der Waals surface area contributed by atoms with E-state index in [1.807, 2.05) is 41.8 Å². The number of nitrogens with zero attached hydrogens (tertiary/aromatic N) is 2. The summed E-state index contributed by atoms with van der Waals surface area (Å²) in [7, 11) is 1.60. The maximum atomic E-state index is 12.6. The van der Waals surface area contributed by atoms with E-state index in [1.165, 1.54) is 0 Å². The van der Waals surface area contributed by atoms with E-state index in [4.69, 9.17) is 14.5 Å². The van der Waals surface area contributed by atoms with E-state index < -0.39 is 6.10 Å². The molecule has 0 saturated heterocycles. The van der Waals surface area contributed by atoms with Crippen molar-refractivity contribution < 1.29 is 14.3 Å². The van der Waals surface area contributed by atoms with E-state index in [-0.39, 0.29) is 5.91 Å². The monoisotopic (exact) mass is 431 g/mol. The molecular weight excluding hydrogens is 410 g/mol. The molecule has 0 aliphatic heterocycles. The summed E-state index contributed by atoms with van der Waals surface area (Å²) >= 11 is 1.57. The highest BCUT2D eigenvalue weighted by atomic mass is 32.1. The Morgan fingerprint density at radius 1 is 1.00 bits per heavy atom. The molecule has 156 valence electrons. The number of hydrogen-bond acceptors (Lipinski definition) is 6. The molecule has 31 heavy (non-hydrogen) atoms. The van der Waals surface area contributed by atoms with E-state index in [0.29, 0.717) is 11.4 Å². The predicted molar refractivity (Wildman–Crippen MR) is 122 cm³/mol. The normalized spacial score (nSPS) is 11.5. The van der Waals surface area contributed by atoms with Gasteiger partial charge in [0.2, 0.25) is 0 Å². The molecule has 4 rings (SSSR count). The summed E-state index contributed by atoms with van der Waals surface area (Å²) in [6, 6.07) is 18.6. The number of ether oxygens (including phenoxy) is 2. The summed E-state index contributed by atoms with van der Waals surface area (Å²) in [5.41, 5.74) is 3.50. The highest BCUT2D eigenvalue weighted by Gasteiger charge is 2.16. The van der Waals surface area contributed by atoms with Crippen molar-refractivity contribution in [3.05, 3.63) is 78.4 Å². The first kappa shape index (κ1) is 20.6. The van der Waals surface area contributed by atoms with Crippen molar-refractivity contribution in [1.82, 2.24) is 9.97 Å². The summed E-state index contributed by atoms with van der Waals surface area (Å²) in [6.07, 6.45) is 2.85. The van der Waals surface area contributed by atoms with Crippen LogP contribution in [0, 0.1) is 0 Å². The Kier molecular flexibility index (Phi) is 6.24. The topological polar surface area (TPSA) is 73.3 Å². The highest BCUT2D eigenvalue weighted by molar-refractivity contribution is 7.13. The Bertz CT molecular complexity index is 1160. The lowest BCUT2D eigenvalue weighted by molar-refractivity contribution is -0.122. The lowest BCUT2D eigenvalue weighted by Crippen LogP contribution is -2.30. The van der Waals surface area contributed by atoms with Gasteiger partial charge in [-0.2, -0.15) is 0 Å². The first-order valence-corrected chi connectivity index (χ1v) is 10.6. The number of carbonyl (C=O) groups excluding carboxylic acids is 1. The molecule has 0 spiro atoms. The molecule has 1 unspecified atom stereocenters. The minimum absolute atomic E-state index is 0.233. The first-order chi connectivity index (χ1) is 15.1. The van der Waals surface area contributed by atoms with Crippen molar-refractivity contribution in [2.24, 2.45) is 0 Å². The number of pyridine rings is 1. The first-order valence-electron chi connectivity index (χ1n) is 9.70. The SMILES string of the molecule is COc1ccc(OC(C)C(=O)Nc2cccc(-c3csc(-c4ccncc4)n3)c2)cc1. The Hall–Kier alpha value is -3.71. The summed E-state index contributed by atoms with van der Waals surface area (Å²) in [5, 5.41) is 5.84. The van der Waals surface area contributed by atoms with Crippen LogP contribution in [-0.2, 0) is 4.79 Å². The lowest BCUT2D eigenvalue weighted by Gasteiger charge is -2.15. The Morgan fingerprint density at radius 2 is 1.74 bits per heavy atom. The Morgan fingerprint density at radius 3 is 2.48 bits per heavy atom. The molecule has 2 aromatic heterocycles. The van der Waals surface area contributed by atoms with E-state index in [0.717, 1.165) is 27.6 Å². The van der Waals surface area contributed by atoms with E-state index >= 15 is 0 Å². The largest absolute Gasteiger partial charge is 0.497 e. The molecule has 0 aliphatic rings. The van der Waals surface area contributed by atoms with Gasteiger partial charge in [-0.05, 0) is 55.5 Å². The number of carbonyl (C=O) groups is 1. The second-order valence-electron chi connectivity index (χ2n) is 6.78. The molecule has 1 N–H and O–H groups in total. The van der Waals surface area contributed by atoms with Gasteiger partial charge in [-0.15, -0.1) is 11.3 Å². The molecule has 4 aromatic rings. The second kappa shape index (κ2) is 9.40. The third-order valence-corrected chi connectivity index (χ3v) is 5.49. The van der Waals surface area contributed by atoms with Crippen LogP contribution in [0.5, 0.6) is 11.5 Å². The maximum Gasteiger partial charge on any atom is 0.265 e. The minimum Gasteiger partial charge on any atom is -0.497 e. The van der Waals surface area contributed by atoms with Gasteiger partial charge in [0.1, 0.15) is 16.5 Å². The highest BCUT2D eigenvalue weighted by Crippen LogP contribution is 2.29. The number of nitrogens with one attached hydrogen (secondary N) is 1. The van der Waals surface area contributed by atoms with Gasteiger partial charge in [0, 0.05) is 34.6 Å². The number of aromatic nitrogens is 2. The number of rotatable bonds is 7. The minimum atomic E-state index is -0.658. The average molecular weight is 432 g/mol. The van der Waals surface area contributed by atoms with Crippen molar-refractivity contribution in [2.45, 2.75) is 13.0 Å². The number of thiazole rings is 1. The van der Waals surface area contributed by atoms with E-state index in [2.05, 4.69) is 10.3 Å². The van der Waals surface area contributed by atoms with Gasteiger partial charge in [0.25, 0.3) is 5.91 Å². The summed E-state index contributed by atoms with van der Waals surface area (Å²) < 4.78 is 10.9. The summed E-state index contributed by atoms with van der Waals surface area (Å²) in [5.74, 6) is 1.10. The molecule has 0 saturated carbocycles. The van der Waals surface area contributed by atoms with E-state index in [1.54, 1.807) is 62.0 Å². The van der Waals surface area contributed by atoms with Gasteiger partial charge < -0.3 is 14.8 Å². The van der Waals surface area contributed by atoms with Crippen LogP contribution in [0.25, 0.3) is 21.8 Å². The molecule has 0 fully saturated rings. The maximum absolute atomic E-state index is 12.6. The zero-order valence-electron chi connectivity index (χ0n) is 17.1. The Balaban J connectivity index is 1.43. The molecular formula is C24H21N3O3S. The number of anilines is 1. The fraction of sp³-hybridized carbons (Fsp3) is 0.125. The molecule has 2 aromatic carbocycles. The molecule has 7 heteroatoms. The predicted octanol–water partition coefficient (Wildman–Crippen LogP) is 5.29. The Labute approximate surface area is 184 Å². The second-order valence-corrected chi connectivity index (χ2v) is 7.64. The van der Waals surface area contributed by atoms with E-state index in [9.17, 15) is 4.79 Å². The van der Waals surface area contributed by atoms with Crippen molar-refractivity contribution in [3.63, 3.8) is 0 Å². The van der Waals surface area contributed by atoms with Crippen molar-refractivity contribution in [1.29, 1.82) is 0 Å². The van der Waals surface area contributed by atoms with Crippen molar-refractivity contribution >= 4 is 22.9 Å². The van der Waals surface area contributed by atoms with Crippen LogP contribution >= 0.6 is 11.3 Å². The van der Waals surface area contributed by atoms with Gasteiger partial charge in [0.05, 0.1) is 12.8 Å². The number of benzene rings is 2.